The quantitative estimate of drug-likeness (QED) is 0.494. The summed E-state index contributed by atoms with van der Waals surface area (Å²) >= 11 is 1.39. The van der Waals surface area contributed by atoms with E-state index in [9.17, 15) is 4.79 Å². The van der Waals surface area contributed by atoms with E-state index in [1.54, 1.807) is 6.33 Å². The molecule has 8 heteroatoms. The Morgan fingerprint density at radius 1 is 1.14 bits per heavy atom. The van der Waals surface area contributed by atoms with E-state index < -0.39 is 0 Å². The van der Waals surface area contributed by atoms with Gasteiger partial charge in [0.25, 0.3) is 0 Å². The van der Waals surface area contributed by atoms with Gasteiger partial charge in [-0.1, -0.05) is 18.2 Å². The van der Waals surface area contributed by atoms with E-state index in [2.05, 4.69) is 20.3 Å². The molecule has 2 aromatic carbocycles. The van der Waals surface area contributed by atoms with Crippen molar-refractivity contribution in [2.24, 2.45) is 0 Å². The summed E-state index contributed by atoms with van der Waals surface area (Å²) in [5.41, 5.74) is 2.92. The van der Waals surface area contributed by atoms with Crippen LogP contribution in [0, 0.1) is 0 Å². The van der Waals surface area contributed by atoms with Gasteiger partial charge >= 0.3 is 5.16 Å². The highest BCUT2D eigenvalue weighted by atomic mass is 32.2. The number of aromatic amines is 1. The first-order valence-corrected chi connectivity index (χ1v) is 10.1. The van der Waals surface area contributed by atoms with Crippen LogP contribution in [-0.4, -0.2) is 48.0 Å². The van der Waals surface area contributed by atoms with Crippen molar-refractivity contribution in [1.82, 2.24) is 10.1 Å². The minimum absolute atomic E-state index is 0.0632. The molecule has 7 nitrogen and oxygen atoms in total. The summed E-state index contributed by atoms with van der Waals surface area (Å²) in [6, 6.07) is 17.8. The second-order valence-electron chi connectivity index (χ2n) is 6.32. The second kappa shape index (κ2) is 8.90. The summed E-state index contributed by atoms with van der Waals surface area (Å²) in [4.78, 5) is 18.9. The van der Waals surface area contributed by atoms with E-state index in [1.807, 2.05) is 59.3 Å². The minimum Gasteiger partial charge on any atom is -0.378 e. The van der Waals surface area contributed by atoms with Crippen LogP contribution in [0.3, 0.4) is 0 Å². The fourth-order valence-corrected chi connectivity index (χ4v) is 3.77. The lowest BCUT2D eigenvalue weighted by Gasteiger charge is -2.28. The molecular weight excluding hydrogens is 374 g/mol. The van der Waals surface area contributed by atoms with Crippen molar-refractivity contribution in [3.05, 3.63) is 60.9 Å². The van der Waals surface area contributed by atoms with Gasteiger partial charge in [0.05, 0.1) is 19.0 Å². The topological polar surface area (TPSA) is 74.1 Å². The maximum atomic E-state index is 12.3. The Labute approximate surface area is 167 Å². The number of hydrogen-bond acceptors (Lipinski definition) is 5. The molecule has 4 rings (SSSR count). The van der Waals surface area contributed by atoms with Gasteiger partial charge in [0.2, 0.25) is 12.2 Å². The van der Waals surface area contributed by atoms with Crippen molar-refractivity contribution >= 4 is 29.0 Å². The van der Waals surface area contributed by atoms with Gasteiger partial charge in [-0.2, -0.15) is 5.10 Å². The Hall–Kier alpha value is -2.84. The lowest BCUT2D eigenvalue weighted by molar-refractivity contribution is -0.694. The molecular formula is C20H22N5O2S+. The molecule has 0 aliphatic carbocycles. The van der Waals surface area contributed by atoms with E-state index in [1.165, 1.54) is 11.8 Å². The zero-order chi connectivity index (χ0) is 19.2. The summed E-state index contributed by atoms with van der Waals surface area (Å²) in [5.74, 6) is 0.217. The number of ether oxygens (including phenoxy) is 1. The molecule has 3 aromatic rings. The molecule has 0 unspecified atom stereocenters. The third-order valence-corrected chi connectivity index (χ3v) is 5.38. The average molecular weight is 396 g/mol. The first-order chi connectivity index (χ1) is 13.8. The Bertz CT molecular complexity index is 908. The summed E-state index contributed by atoms with van der Waals surface area (Å²) in [7, 11) is 0. The number of amides is 1. The fourth-order valence-electron chi connectivity index (χ4n) is 3.02. The van der Waals surface area contributed by atoms with Gasteiger partial charge in [0.1, 0.15) is 0 Å². The monoisotopic (exact) mass is 396 g/mol. The highest BCUT2D eigenvalue weighted by molar-refractivity contribution is 7.99. The number of para-hydroxylation sites is 1. The Morgan fingerprint density at radius 3 is 2.64 bits per heavy atom. The molecule has 0 atom stereocenters. The highest BCUT2D eigenvalue weighted by Crippen LogP contribution is 2.19. The van der Waals surface area contributed by atoms with Crippen molar-refractivity contribution in [1.29, 1.82) is 0 Å². The van der Waals surface area contributed by atoms with Crippen LogP contribution < -0.4 is 14.9 Å². The first-order valence-electron chi connectivity index (χ1n) is 9.16. The number of nitrogens with one attached hydrogen (secondary N) is 2. The molecule has 1 aliphatic rings. The van der Waals surface area contributed by atoms with Gasteiger partial charge < -0.3 is 15.0 Å². The smallest absolute Gasteiger partial charge is 0.378 e. The van der Waals surface area contributed by atoms with E-state index >= 15 is 0 Å². The Kier molecular flexibility index (Phi) is 5.89. The predicted octanol–water partition coefficient (Wildman–Crippen LogP) is 2.25. The number of thioether (sulfide) groups is 1. The number of anilines is 2. The molecule has 1 amide bonds. The van der Waals surface area contributed by atoms with E-state index in [0.29, 0.717) is 0 Å². The number of carbonyl (C=O) groups is 1. The van der Waals surface area contributed by atoms with Crippen LogP contribution in [0.25, 0.3) is 5.69 Å². The molecule has 2 heterocycles. The summed E-state index contributed by atoms with van der Waals surface area (Å²) < 4.78 is 7.24. The lowest BCUT2D eigenvalue weighted by Crippen LogP contribution is -2.36. The Balaban J connectivity index is 1.32. The molecule has 1 fully saturated rings. The number of carbonyl (C=O) groups excluding carboxylic acids is 1. The van der Waals surface area contributed by atoms with Crippen LogP contribution in [0.4, 0.5) is 11.4 Å². The van der Waals surface area contributed by atoms with E-state index in [0.717, 1.165) is 48.5 Å². The van der Waals surface area contributed by atoms with Gasteiger partial charge in [0.15, 0.2) is 5.69 Å². The molecule has 0 radical (unpaired) electrons. The molecule has 1 aliphatic heterocycles. The SMILES string of the molecule is O=C(CSc1nc[nH][n+]1-c1ccccc1)Nc1ccc(N2CCOCC2)cc1. The zero-order valence-electron chi connectivity index (χ0n) is 15.4. The van der Waals surface area contributed by atoms with Gasteiger partial charge in [-0.3, -0.25) is 4.79 Å². The van der Waals surface area contributed by atoms with Crippen molar-refractivity contribution in [3.8, 4) is 5.69 Å². The van der Waals surface area contributed by atoms with Crippen LogP contribution >= 0.6 is 11.8 Å². The molecule has 28 heavy (non-hydrogen) atoms. The molecule has 0 bridgehead atoms. The maximum absolute atomic E-state index is 12.3. The summed E-state index contributed by atoms with van der Waals surface area (Å²) in [6.07, 6.45) is 1.62. The number of benzene rings is 2. The zero-order valence-corrected chi connectivity index (χ0v) is 16.2. The van der Waals surface area contributed by atoms with Crippen molar-refractivity contribution in [2.75, 3.05) is 42.3 Å². The molecule has 2 N–H and O–H groups in total. The third kappa shape index (κ3) is 4.52. The standard InChI is InChI=1S/C20H21N5O2S/c26-19(14-28-20-21-15-22-25(20)18-4-2-1-3-5-18)23-16-6-8-17(9-7-16)24-10-12-27-13-11-24/h1-9,15H,10-14H2,(H,23,26)/p+1. The van der Waals surface area contributed by atoms with Gasteiger partial charge in [-0.25, -0.2) is 0 Å². The largest absolute Gasteiger partial charge is 0.385 e. The van der Waals surface area contributed by atoms with E-state index in [4.69, 9.17) is 4.74 Å². The number of hydrogen-bond donors (Lipinski definition) is 2. The number of aromatic nitrogens is 3. The fraction of sp³-hybridized carbons (Fsp3) is 0.250. The second-order valence-corrected chi connectivity index (χ2v) is 7.27. The summed E-state index contributed by atoms with van der Waals surface area (Å²) in [5, 5.41) is 6.76. The maximum Gasteiger partial charge on any atom is 0.385 e. The molecule has 144 valence electrons. The van der Waals surface area contributed by atoms with E-state index in [-0.39, 0.29) is 11.7 Å². The molecule has 1 aromatic heterocycles. The van der Waals surface area contributed by atoms with Crippen LogP contribution in [0.15, 0.2) is 66.1 Å². The molecule has 0 spiro atoms. The van der Waals surface area contributed by atoms with Crippen molar-refractivity contribution < 1.29 is 14.2 Å². The van der Waals surface area contributed by atoms with Crippen LogP contribution in [0.2, 0.25) is 0 Å². The number of morpholine rings is 1. The van der Waals surface area contributed by atoms with Gasteiger partial charge in [-0.05, 0) is 53.1 Å². The van der Waals surface area contributed by atoms with Crippen LogP contribution in [0.5, 0.6) is 0 Å². The number of nitrogens with zero attached hydrogens (tertiary/aromatic N) is 3. The normalized spacial score (nSPS) is 14.1. The van der Waals surface area contributed by atoms with Crippen LogP contribution in [-0.2, 0) is 9.53 Å². The van der Waals surface area contributed by atoms with Gasteiger partial charge in [0, 0.05) is 24.5 Å². The Morgan fingerprint density at radius 2 is 1.89 bits per heavy atom. The van der Waals surface area contributed by atoms with Crippen LogP contribution in [0.1, 0.15) is 0 Å². The molecule has 1 saturated heterocycles. The lowest BCUT2D eigenvalue weighted by atomic mass is 10.2. The number of rotatable bonds is 6. The third-order valence-electron chi connectivity index (χ3n) is 4.43. The first kappa shape index (κ1) is 18.5. The van der Waals surface area contributed by atoms with Gasteiger partial charge in [-0.15, -0.1) is 4.68 Å². The van der Waals surface area contributed by atoms with Crippen molar-refractivity contribution in [3.63, 3.8) is 0 Å². The predicted molar refractivity (Wildman–Crippen MR) is 109 cm³/mol. The summed E-state index contributed by atoms with van der Waals surface area (Å²) in [6.45, 7) is 3.30. The van der Waals surface area contributed by atoms with Crippen molar-refractivity contribution in [2.45, 2.75) is 5.16 Å². The highest BCUT2D eigenvalue weighted by Gasteiger charge is 2.18. The minimum atomic E-state index is -0.0632. The molecule has 0 saturated carbocycles. The number of H-pyrrole nitrogens is 1. The average Bonchev–Trinajstić information content (AvgIpc) is 3.23.